The van der Waals surface area contributed by atoms with E-state index in [2.05, 4.69) is 18.4 Å². The van der Waals surface area contributed by atoms with Crippen molar-refractivity contribution in [2.45, 2.75) is 26.4 Å². The Balaban J connectivity index is 2.35. The summed E-state index contributed by atoms with van der Waals surface area (Å²) in [6, 6.07) is 0. The fourth-order valence-electron chi connectivity index (χ4n) is 1.64. The third kappa shape index (κ3) is 2.61. The molecule has 0 aromatic heterocycles. The molecule has 0 amide bonds. The van der Waals surface area contributed by atoms with Crippen LogP contribution in [-0.2, 0) is 0 Å². The first kappa shape index (κ1) is 9.75. The Bertz CT molecular complexity index is 167. The molecular formula is C10H19NO. The smallest absolute Gasteiger partial charge is 0.0693 e. The van der Waals surface area contributed by atoms with Crippen LogP contribution >= 0.6 is 0 Å². The Morgan fingerprint density at radius 3 is 2.83 bits per heavy atom. The third-order valence-corrected chi connectivity index (χ3v) is 2.50. The zero-order valence-electron chi connectivity index (χ0n) is 8.08. The number of piperidine rings is 1. The van der Waals surface area contributed by atoms with E-state index in [1.807, 2.05) is 6.92 Å². The summed E-state index contributed by atoms with van der Waals surface area (Å²) in [4.78, 5) is 2.27. The first-order valence-electron chi connectivity index (χ1n) is 4.64. The molecule has 1 fully saturated rings. The SMILES string of the molecule is C=C(C)CN1CCC(C)C(O)C1. The molecule has 1 aliphatic heterocycles. The lowest BCUT2D eigenvalue weighted by atomic mass is 9.96. The van der Waals surface area contributed by atoms with Gasteiger partial charge in [-0.3, -0.25) is 4.90 Å². The van der Waals surface area contributed by atoms with Crippen molar-refractivity contribution in [2.75, 3.05) is 19.6 Å². The number of nitrogens with zero attached hydrogens (tertiary/aromatic N) is 1. The zero-order valence-corrected chi connectivity index (χ0v) is 8.08. The molecule has 1 rings (SSSR count). The van der Waals surface area contributed by atoms with Gasteiger partial charge >= 0.3 is 0 Å². The summed E-state index contributed by atoms with van der Waals surface area (Å²) in [5, 5.41) is 9.59. The van der Waals surface area contributed by atoms with Crippen molar-refractivity contribution in [2.24, 2.45) is 5.92 Å². The predicted octanol–water partition coefficient (Wildman–Crippen LogP) is 1.27. The van der Waals surface area contributed by atoms with Gasteiger partial charge in [0.1, 0.15) is 0 Å². The van der Waals surface area contributed by atoms with Crippen molar-refractivity contribution in [3.63, 3.8) is 0 Å². The fraction of sp³-hybridized carbons (Fsp3) is 0.800. The normalized spacial score (nSPS) is 31.9. The van der Waals surface area contributed by atoms with E-state index in [9.17, 15) is 5.11 Å². The highest BCUT2D eigenvalue weighted by atomic mass is 16.3. The molecule has 0 aromatic carbocycles. The highest BCUT2D eigenvalue weighted by Gasteiger charge is 2.23. The molecule has 70 valence electrons. The van der Waals surface area contributed by atoms with Crippen molar-refractivity contribution in [1.29, 1.82) is 0 Å². The standard InChI is InChI=1S/C10H19NO/c1-8(2)6-11-5-4-9(3)10(12)7-11/h9-10,12H,1,4-7H2,2-3H3. The van der Waals surface area contributed by atoms with Crippen LogP contribution in [0.25, 0.3) is 0 Å². The minimum absolute atomic E-state index is 0.141. The van der Waals surface area contributed by atoms with Gasteiger partial charge in [0.25, 0.3) is 0 Å². The number of rotatable bonds is 2. The summed E-state index contributed by atoms with van der Waals surface area (Å²) in [5.41, 5.74) is 1.18. The first-order chi connectivity index (χ1) is 5.59. The second-order valence-electron chi connectivity index (χ2n) is 4.03. The van der Waals surface area contributed by atoms with Crippen molar-refractivity contribution >= 4 is 0 Å². The highest BCUT2D eigenvalue weighted by molar-refractivity contribution is 4.93. The highest BCUT2D eigenvalue weighted by Crippen LogP contribution is 2.17. The maximum absolute atomic E-state index is 9.59. The molecule has 0 aliphatic carbocycles. The number of hydrogen-bond acceptors (Lipinski definition) is 2. The second-order valence-corrected chi connectivity index (χ2v) is 4.03. The predicted molar refractivity (Wildman–Crippen MR) is 51.0 cm³/mol. The molecule has 0 radical (unpaired) electrons. The Morgan fingerprint density at radius 2 is 2.33 bits per heavy atom. The van der Waals surface area contributed by atoms with Gasteiger partial charge in [-0.25, -0.2) is 0 Å². The number of likely N-dealkylation sites (tertiary alicyclic amines) is 1. The number of aliphatic hydroxyl groups excluding tert-OH is 1. The van der Waals surface area contributed by atoms with Gasteiger partial charge in [-0.05, 0) is 25.8 Å². The van der Waals surface area contributed by atoms with Crippen LogP contribution in [0.15, 0.2) is 12.2 Å². The van der Waals surface area contributed by atoms with Crippen molar-refractivity contribution < 1.29 is 5.11 Å². The molecule has 2 heteroatoms. The van der Waals surface area contributed by atoms with Crippen LogP contribution in [-0.4, -0.2) is 35.7 Å². The van der Waals surface area contributed by atoms with Gasteiger partial charge in [0.15, 0.2) is 0 Å². The van der Waals surface area contributed by atoms with Gasteiger partial charge in [0.2, 0.25) is 0 Å². The maximum Gasteiger partial charge on any atom is 0.0693 e. The average Bonchev–Trinajstić information content (AvgIpc) is 1.96. The summed E-state index contributed by atoms with van der Waals surface area (Å²) >= 11 is 0. The van der Waals surface area contributed by atoms with Crippen LogP contribution in [0.1, 0.15) is 20.3 Å². The third-order valence-electron chi connectivity index (χ3n) is 2.50. The number of hydrogen-bond donors (Lipinski definition) is 1. The Morgan fingerprint density at radius 1 is 1.67 bits per heavy atom. The summed E-state index contributed by atoms with van der Waals surface area (Å²) in [6.07, 6.45) is 0.965. The molecule has 1 aliphatic rings. The van der Waals surface area contributed by atoms with Gasteiger partial charge in [-0.1, -0.05) is 19.1 Å². The van der Waals surface area contributed by atoms with Crippen LogP contribution in [0, 0.1) is 5.92 Å². The largest absolute Gasteiger partial charge is 0.392 e. The number of aliphatic hydroxyl groups is 1. The lowest BCUT2D eigenvalue weighted by molar-refractivity contribution is 0.0333. The van der Waals surface area contributed by atoms with Crippen LogP contribution in [0.4, 0.5) is 0 Å². The van der Waals surface area contributed by atoms with E-state index < -0.39 is 0 Å². The molecular weight excluding hydrogens is 150 g/mol. The maximum atomic E-state index is 9.59. The van der Waals surface area contributed by atoms with E-state index in [-0.39, 0.29) is 6.10 Å². The fourth-order valence-corrected chi connectivity index (χ4v) is 1.64. The summed E-state index contributed by atoms with van der Waals surface area (Å²) in [6.45, 7) is 10.9. The van der Waals surface area contributed by atoms with Crippen LogP contribution in [0.3, 0.4) is 0 Å². The lowest BCUT2D eigenvalue weighted by Crippen LogP contribution is -2.43. The van der Waals surface area contributed by atoms with E-state index in [1.165, 1.54) is 5.57 Å². The number of β-amino-alcohol motifs (C(OH)–C–C–N with tert-alkyl or cyclic N) is 1. The Hall–Kier alpha value is -0.340. The topological polar surface area (TPSA) is 23.5 Å². The molecule has 0 saturated carbocycles. The van der Waals surface area contributed by atoms with E-state index in [0.29, 0.717) is 5.92 Å². The van der Waals surface area contributed by atoms with Gasteiger partial charge in [0.05, 0.1) is 6.10 Å². The Labute approximate surface area is 74.9 Å². The minimum atomic E-state index is -0.141. The second kappa shape index (κ2) is 4.06. The molecule has 0 aromatic rings. The zero-order chi connectivity index (χ0) is 9.14. The lowest BCUT2D eigenvalue weighted by Gasteiger charge is -2.34. The van der Waals surface area contributed by atoms with Crippen LogP contribution in [0.5, 0.6) is 0 Å². The van der Waals surface area contributed by atoms with Gasteiger partial charge in [-0.2, -0.15) is 0 Å². The molecule has 0 spiro atoms. The van der Waals surface area contributed by atoms with Crippen molar-refractivity contribution in [1.82, 2.24) is 4.90 Å². The molecule has 1 saturated heterocycles. The molecule has 1 N–H and O–H groups in total. The summed E-state index contributed by atoms with van der Waals surface area (Å²) < 4.78 is 0. The van der Waals surface area contributed by atoms with Crippen molar-refractivity contribution in [3.05, 3.63) is 12.2 Å². The molecule has 1 heterocycles. The van der Waals surface area contributed by atoms with Crippen LogP contribution in [0.2, 0.25) is 0 Å². The Kier molecular flexibility index (Phi) is 3.29. The van der Waals surface area contributed by atoms with Gasteiger partial charge in [-0.15, -0.1) is 0 Å². The average molecular weight is 169 g/mol. The molecule has 2 atom stereocenters. The van der Waals surface area contributed by atoms with E-state index in [4.69, 9.17) is 0 Å². The quantitative estimate of drug-likeness (QED) is 0.629. The van der Waals surface area contributed by atoms with E-state index in [1.54, 1.807) is 0 Å². The van der Waals surface area contributed by atoms with Gasteiger partial charge < -0.3 is 5.11 Å². The van der Waals surface area contributed by atoms with E-state index in [0.717, 1.165) is 26.1 Å². The molecule has 0 bridgehead atoms. The van der Waals surface area contributed by atoms with Crippen LogP contribution < -0.4 is 0 Å². The first-order valence-corrected chi connectivity index (χ1v) is 4.64. The monoisotopic (exact) mass is 169 g/mol. The van der Waals surface area contributed by atoms with E-state index >= 15 is 0 Å². The molecule has 2 nitrogen and oxygen atoms in total. The summed E-state index contributed by atoms with van der Waals surface area (Å²) in [5.74, 6) is 0.464. The molecule has 12 heavy (non-hydrogen) atoms. The minimum Gasteiger partial charge on any atom is -0.392 e. The molecule has 2 unspecified atom stereocenters. The van der Waals surface area contributed by atoms with Gasteiger partial charge in [0, 0.05) is 13.1 Å². The summed E-state index contributed by atoms with van der Waals surface area (Å²) in [7, 11) is 0. The van der Waals surface area contributed by atoms with Crippen molar-refractivity contribution in [3.8, 4) is 0 Å².